The van der Waals surface area contributed by atoms with Crippen LogP contribution in [-0.2, 0) is 9.53 Å². The number of halogens is 1. The van der Waals surface area contributed by atoms with Gasteiger partial charge in [-0.25, -0.2) is 0 Å². The summed E-state index contributed by atoms with van der Waals surface area (Å²) in [5.41, 5.74) is 1.14. The Morgan fingerprint density at radius 2 is 2.30 bits per heavy atom. The quantitative estimate of drug-likeness (QED) is 0.779. The third-order valence-electron chi connectivity index (χ3n) is 2.72. The molecule has 0 bridgehead atoms. The third kappa shape index (κ3) is 5.08. The van der Waals surface area contributed by atoms with Crippen molar-refractivity contribution in [3.05, 3.63) is 28.8 Å². The van der Waals surface area contributed by atoms with E-state index in [-0.39, 0.29) is 12.5 Å². The molecule has 1 amide bonds. The van der Waals surface area contributed by atoms with Crippen LogP contribution >= 0.6 is 11.6 Å². The average molecular weight is 296 g/mol. The molecule has 0 radical (unpaired) electrons. The van der Waals surface area contributed by atoms with E-state index in [2.05, 4.69) is 11.4 Å². The zero-order chi connectivity index (χ0) is 15.0. The number of benzene rings is 1. The van der Waals surface area contributed by atoms with E-state index in [4.69, 9.17) is 21.6 Å². The van der Waals surface area contributed by atoms with E-state index in [1.807, 2.05) is 0 Å². The van der Waals surface area contributed by atoms with Crippen molar-refractivity contribution < 1.29 is 9.53 Å². The second-order valence-electron chi connectivity index (χ2n) is 4.33. The summed E-state index contributed by atoms with van der Waals surface area (Å²) in [6.45, 7) is 1.35. The minimum absolute atomic E-state index is 0.104. The molecule has 1 rings (SSSR count). The number of hydrogen-bond donors (Lipinski definition) is 1. The Bertz CT molecular complexity index is 500. The number of nitriles is 1. The van der Waals surface area contributed by atoms with Gasteiger partial charge in [-0.2, -0.15) is 5.26 Å². The maximum Gasteiger partial charge on any atom is 0.239 e. The largest absolute Gasteiger partial charge is 0.385 e. The van der Waals surface area contributed by atoms with Crippen LogP contribution < -0.4 is 10.2 Å². The first-order valence-corrected chi connectivity index (χ1v) is 6.62. The molecule has 1 aromatic carbocycles. The van der Waals surface area contributed by atoms with Crippen LogP contribution in [0.5, 0.6) is 0 Å². The Kier molecular flexibility index (Phi) is 6.85. The van der Waals surface area contributed by atoms with Gasteiger partial charge in [0.1, 0.15) is 6.07 Å². The zero-order valence-electron chi connectivity index (χ0n) is 11.6. The summed E-state index contributed by atoms with van der Waals surface area (Å²) in [7, 11) is 3.37. The van der Waals surface area contributed by atoms with Gasteiger partial charge >= 0.3 is 0 Å². The number of amides is 1. The molecule has 0 unspecified atom stereocenters. The Hall–Kier alpha value is -1.77. The highest BCUT2D eigenvalue weighted by Crippen LogP contribution is 2.23. The molecule has 1 aromatic rings. The molecule has 1 N–H and O–H groups in total. The first-order chi connectivity index (χ1) is 9.58. The third-order valence-corrected chi connectivity index (χ3v) is 2.95. The Labute approximate surface area is 124 Å². The summed E-state index contributed by atoms with van der Waals surface area (Å²) in [6, 6.07) is 7.07. The van der Waals surface area contributed by atoms with Crippen LogP contribution in [0.4, 0.5) is 5.69 Å². The molecule has 0 aliphatic carbocycles. The van der Waals surface area contributed by atoms with Crippen LogP contribution in [0, 0.1) is 11.3 Å². The van der Waals surface area contributed by atoms with E-state index in [1.54, 1.807) is 37.3 Å². The smallest absolute Gasteiger partial charge is 0.239 e. The minimum atomic E-state index is -0.104. The minimum Gasteiger partial charge on any atom is -0.385 e. The summed E-state index contributed by atoms with van der Waals surface area (Å²) in [6.07, 6.45) is 0.770. The summed E-state index contributed by atoms with van der Waals surface area (Å²) in [5, 5.41) is 12.4. The summed E-state index contributed by atoms with van der Waals surface area (Å²) >= 11 is 5.92. The van der Waals surface area contributed by atoms with Crippen molar-refractivity contribution in [1.82, 2.24) is 5.32 Å². The lowest BCUT2D eigenvalue weighted by Gasteiger charge is -2.20. The van der Waals surface area contributed by atoms with Crippen molar-refractivity contribution in [3.63, 3.8) is 0 Å². The molecule has 0 aromatic heterocycles. The lowest BCUT2D eigenvalue weighted by molar-refractivity contribution is -0.119. The van der Waals surface area contributed by atoms with Crippen LogP contribution in [-0.4, -0.2) is 39.8 Å². The second kappa shape index (κ2) is 8.41. The standard InChI is InChI=1S/C14H18ClN3O2/c1-18(10-14(19)17-6-3-7-20-2)13-8-12(15)5-4-11(13)9-16/h4-5,8H,3,6-7,10H2,1-2H3,(H,17,19). The highest BCUT2D eigenvalue weighted by Gasteiger charge is 2.11. The molecule has 0 aliphatic heterocycles. The van der Waals surface area contributed by atoms with Crippen LogP contribution in [0.2, 0.25) is 5.02 Å². The van der Waals surface area contributed by atoms with Gasteiger partial charge in [0, 0.05) is 32.3 Å². The molecule has 0 saturated carbocycles. The number of nitrogens with one attached hydrogen (secondary N) is 1. The average Bonchev–Trinajstić information content (AvgIpc) is 2.43. The van der Waals surface area contributed by atoms with Crippen molar-refractivity contribution >= 4 is 23.2 Å². The van der Waals surface area contributed by atoms with Gasteiger partial charge in [0.25, 0.3) is 0 Å². The van der Waals surface area contributed by atoms with Crippen molar-refractivity contribution in [3.8, 4) is 6.07 Å². The Balaban J connectivity index is 2.58. The van der Waals surface area contributed by atoms with E-state index in [1.165, 1.54) is 0 Å². The fourth-order valence-electron chi connectivity index (χ4n) is 1.72. The fraction of sp³-hybridized carbons (Fsp3) is 0.429. The van der Waals surface area contributed by atoms with E-state index >= 15 is 0 Å². The van der Waals surface area contributed by atoms with Crippen LogP contribution in [0.15, 0.2) is 18.2 Å². The number of hydrogen-bond acceptors (Lipinski definition) is 4. The lowest BCUT2D eigenvalue weighted by atomic mass is 10.2. The summed E-state index contributed by atoms with van der Waals surface area (Å²) in [5.74, 6) is -0.104. The van der Waals surface area contributed by atoms with Crippen LogP contribution in [0.1, 0.15) is 12.0 Å². The molecular formula is C14H18ClN3O2. The van der Waals surface area contributed by atoms with Gasteiger partial charge in [-0.1, -0.05) is 11.6 Å². The first-order valence-electron chi connectivity index (χ1n) is 6.25. The molecule has 0 fully saturated rings. The number of anilines is 1. The van der Waals surface area contributed by atoms with Crippen molar-refractivity contribution in [2.45, 2.75) is 6.42 Å². The highest BCUT2D eigenvalue weighted by molar-refractivity contribution is 6.30. The topological polar surface area (TPSA) is 65.4 Å². The van der Waals surface area contributed by atoms with Gasteiger partial charge in [-0.05, 0) is 24.6 Å². The highest BCUT2D eigenvalue weighted by atomic mass is 35.5. The molecule has 5 nitrogen and oxygen atoms in total. The van der Waals surface area contributed by atoms with Gasteiger partial charge in [0.15, 0.2) is 0 Å². The molecule has 0 atom stereocenters. The van der Waals surface area contributed by atoms with Crippen LogP contribution in [0.25, 0.3) is 0 Å². The SMILES string of the molecule is COCCCNC(=O)CN(C)c1cc(Cl)ccc1C#N. The fourth-order valence-corrected chi connectivity index (χ4v) is 1.88. The van der Waals surface area contributed by atoms with Gasteiger partial charge in [0.2, 0.25) is 5.91 Å². The second-order valence-corrected chi connectivity index (χ2v) is 4.76. The van der Waals surface area contributed by atoms with Gasteiger partial charge in [-0.3, -0.25) is 4.79 Å². The normalized spacial score (nSPS) is 9.90. The van der Waals surface area contributed by atoms with Gasteiger partial charge < -0.3 is 15.0 Å². The maximum absolute atomic E-state index is 11.8. The molecular weight excluding hydrogens is 278 g/mol. The number of likely N-dealkylation sites (N-methyl/N-ethyl adjacent to an activating group) is 1. The lowest BCUT2D eigenvalue weighted by Crippen LogP contribution is -2.36. The van der Waals surface area contributed by atoms with E-state index < -0.39 is 0 Å². The number of carbonyl (C=O) groups is 1. The maximum atomic E-state index is 11.8. The van der Waals surface area contributed by atoms with Crippen molar-refractivity contribution in [2.75, 3.05) is 38.8 Å². The molecule has 20 heavy (non-hydrogen) atoms. The zero-order valence-corrected chi connectivity index (χ0v) is 12.4. The van der Waals surface area contributed by atoms with E-state index in [9.17, 15) is 4.79 Å². The summed E-state index contributed by atoms with van der Waals surface area (Å²) < 4.78 is 4.91. The van der Waals surface area contributed by atoms with Gasteiger partial charge in [0.05, 0.1) is 17.8 Å². The Morgan fingerprint density at radius 3 is 2.95 bits per heavy atom. The molecule has 6 heteroatoms. The Morgan fingerprint density at radius 1 is 1.55 bits per heavy atom. The number of ether oxygens (including phenoxy) is 1. The summed E-state index contributed by atoms with van der Waals surface area (Å²) in [4.78, 5) is 13.5. The number of carbonyl (C=O) groups excluding carboxylic acids is 1. The number of rotatable bonds is 7. The molecule has 0 saturated heterocycles. The van der Waals surface area contributed by atoms with E-state index in [0.717, 1.165) is 6.42 Å². The monoisotopic (exact) mass is 295 g/mol. The molecule has 0 spiro atoms. The molecule has 108 valence electrons. The van der Waals surface area contributed by atoms with E-state index in [0.29, 0.717) is 29.4 Å². The van der Waals surface area contributed by atoms with Crippen molar-refractivity contribution in [1.29, 1.82) is 5.26 Å². The molecule has 0 aliphatic rings. The van der Waals surface area contributed by atoms with Crippen LogP contribution in [0.3, 0.4) is 0 Å². The first kappa shape index (κ1) is 16.3. The predicted octanol–water partition coefficient (Wildman–Crippen LogP) is 1.80. The predicted molar refractivity (Wildman–Crippen MR) is 78.9 cm³/mol. The van der Waals surface area contributed by atoms with Crippen molar-refractivity contribution in [2.24, 2.45) is 0 Å². The number of nitrogens with zero attached hydrogens (tertiary/aromatic N) is 2. The number of methoxy groups -OCH3 is 1. The van der Waals surface area contributed by atoms with Gasteiger partial charge in [-0.15, -0.1) is 0 Å². The molecule has 0 heterocycles.